The van der Waals surface area contributed by atoms with Crippen LogP contribution in [0.1, 0.15) is 46.1 Å². The van der Waals surface area contributed by atoms with Crippen molar-refractivity contribution in [3.8, 4) is 0 Å². The number of aromatic carboxylic acids is 1. The number of carboxylic acids is 1. The van der Waals surface area contributed by atoms with Gasteiger partial charge in [-0.25, -0.2) is 9.78 Å². The van der Waals surface area contributed by atoms with Crippen LogP contribution in [0.3, 0.4) is 0 Å². The van der Waals surface area contributed by atoms with E-state index >= 15 is 0 Å². The Kier molecular flexibility index (Phi) is 3.56. The van der Waals surface area contributed by atoms with Gasteiger partial charge in [0.15, 0.2) is 0 Å². The summed E-state index contributed by atoms with van der Waals surface area (Å²) in [5.41, 5.74) is 0.776. The fraction of sp³-hybridized carbons (Fsp3) is 0.636. The highest BCUT2D eigenvalue weighted by Crippen LogP contribution is 2.32. The molecule has 2 heterocycles. The molecule has 1 aromatic heterocycles. The molecule has 88 valence electrons. The Morgan fingerprint density at radius 1 is 1.56 bits per heavy atom. The van der Waals surface area contributed by atoms with Gasteiger partial charge in [-0.05, 0) is 19.3 Å². The molecule has 0 aromatic carbocycles. The molecule has 2 rings (SSSR count). The van der Waals surface area contributed by atoms with Gasteiger partial charge in [0, 0.05) is 19.1 Å². The second kappa shape index (κ2) is 4.93. The molecule has 4 nitrogen and oxygen atoms in total. The summed E-state index contributed by atoms with van der Waals surface area (Å²) in [5.74, 6) is -0.588. The average molecular weight is 241 g/mol. The van der Waals surface area contributed by atoms with E-state index in [0.717, 1.165) is 30.0 Å². The number of ether oxygens (including phenoxy) is 1. The van der Waals surface area contributed by atoms with E-state index in [1.165, 1.54) is 11.3 Å². The molecule has 1 aromatic rings. The topological polar surface area (TPSA) is 59.4 Å². The maximum Gasteiger partial charge on any atom is 0.347 e. The zero-order chi connectivity index (χ0) is 11.5. The Morgan fingerprint density at radius 2 is 2.25 bits per heavy atom. The molecule has 5 heteroatoms. The lowest BCUT2D eigenvalue weighted by atomic mass is 9.96. The molecule has 0 bridgehead atoms. The predicted octanol–water partition coefficient (Wildman–Crippen LogP) is 2.30. The largest absolute Gasteiger partial charge is 0.477 e. The van der Waals surface area contributed by atoms with E-state index in [4.69, 9.17) is 9.84 Å². The minimum atomic E-state index is -0.848. The Balaban J connectivity index is 2.29. The van der Waals surface area contributed by atoms with Crippen LogP contribution in [0.25, 0.3) is 0 Å². The molecule has 0 saturated carbocycles. The molecule has 0 spiro atoms. The number of rotatable bonds is 3. The van der Waals surface area contributed by atoms with Crippen LogP contribution >= 0.6 is 11.3 Å². The van der Waals surface area contributed by atoms with Crippen LogP contribution in [0.4, 0.5) is 0 Å². The van der Waals surface area contributed by atoms with E-state index in [9.17, 15) is 4.79 Å². The number of thiazole rings is 1. The Hall–Kier alpha value is -0.940. The molecular formula is C11H15NO3S. The molecule has 1 aliphatic rings. The van der Waals surface area contributed by atoms with Crippen molar-refractivity contribution in [1.82, 2.24) is 4.98 Å². The van der Waals surface area contributed by atoms with Gasteiger partial charge in [-0.1, -0.05) is 6.92 Å². The summed E-state index contributed by atoms with van der Waals surface area (Å²) in [6.45, 7) is 3.42. The van der Waals surface area contributed by atoms with E-state index < -0.39 is 5.97 Å². The number of nitrogens with zero attached hydrogens (tertiary/aromatic N) is 1. The molecule has 1 N–H and O–H groups in total. The normalized spacial score (nSPS) is 17.6. The minimum absolute atomic E-state index is 0.261. The first-order valence-electron chi connectivity index (χ1n) is 5.53. The monoisotopic (exact) mass is 241 g/mol. The van der Waals surface area contributed by atoms with E-state index in [2.05, 4.69) is 4.98 Å². The summed E-state index contributed by atoms with van der Waals surface area (Å²) in [6, 6.07) is 0. The lowest BCUT2D eigenvalue weighted by Crippen LogP contribution is -2.16. The van der Waals surface area contributed by atoms with Gasteiger partial charge < -0.3 is 9.84 Å². The van der Waals surface area contributed by atoms with Crippen molar-refractivity contribution in [2.24, 2.45) is 0 Å². The molecule has 0 unspecified atom stereocenters. The first-order valence-corrected chi connectivity index (χ1v) is 6.34. The second-order valence-corrected chi connectivity index (χ2v) is 4.95. The van der Waals surface area contributed by atoms with Gasteiger partial charge in [-0.3, -0.25) is 0 Å². The summed E-state index contributed by atoms with van der Waals surface area (Å²) >= 11 is 1.31. The number of aryl methyl sites for hydroxylation is 1. The molecule has 0 amide bonds. The van der Waals surface area contributed by atoms with Gasteiger partial charge in [0.1, 0.15) is 4.88 Å². The lowest BCUT2D eigenvalue weighted by Gasteiger charge is -2.20. The van der Waals surface area contributed by atoms with Gasteiger partial charge in [0.2, 0.25) is 0 Å². The number of hydrogen-bond acceptors (Lipinski definition) is 4. The fourth-order valence-electron chi connectivity index (χ4n) is 1.93. The number of carboxylic acid groups (broad SMARTS) is 1. The second-order valence-electron chi connectivity index (χ2n) is 3.87. The molecule has 0 aliphatic carbocycles. The number of hydrogen-bond donors (Lipinski definition) is 1. The van der Waals surface area contributed by atoms with E-state index in [-0.39, 0.29) is 5.92 Å². The summed E-state index contributed by atoms with van der Waals surface area (Å²) in [4.78, 5) is 16.0. The molecule has 1 fully saturated rings. The van der Waals surface area contributed by atoms with Crippen LogP contribution in [0.2, 0.25) is 0 Å². The van der Waals surface area contributed by atoms with Gasteiger partial charge in [-0.2, -0.15) is 0 Å². The fourth-order valence-corrected chi connectivity index (χ4v) is 2.86. The van der Waals surface area contributed by atoms with Crippen molar-refractivity contribution < 1.29 is 14.6 Å². The van der Waals surface area contributed by atoms with Crippen molar-refractivity contribution >= 4 is 17.3 Å². The summed E-state index contributed by atoms with van der Waals surface area (Å²) in [5, 5.41) is 10.1. The van der Waals surface area contributed by atoms with Crippen LogP contribution in [-0.4, -0.2) is 29.3 Å². The van der Waals surface area contributed by atoms with Gasteiger partial charge >= 0.3 is 5.97 Å². The Morgan fingerprint density at radius 3 is 2.81 bits per heavy atom. The van der Waals surface area contributed by atoms with Crippen LogP contribution in [-0.2, 0) is 11.2 Å². The summed E-state index contributed by atoms with van der Waals surface area (Å²) in [7, 11) is 0. The molecule has 0 radical (unpaired) electrons. The lowest BCUT2D eigenvalue weighted by molar-refractivity contribution is 0.0689. The SMILES string of the molecule is CCc1nc(C2CCOCC2)c(C(=O)O)s1. The number of aromatic nitrogens is 1. The van der Waals surface area contributed by atoms with E-state index in [1.54, 1.807) is 0 Å². The highest BCUT2D eigenvalue weighted by molar-refractivity contribution is 7.13. The van der Waals surface area contributed by atoms with E-state index in [0.29, 0.717) is 18.1 Å². The van der Waals surface area contributed by atoms with Crippen molar-refractivity contribution in [1.29, 1.82) is 0 Å². The quantitative estimate of drug-likeness (QED) is 0.882. The van der Waals surface area contributed by atoms with Crippen LogP contribution in [0.5, 0.6) is 0 Å². The third-order valence-electron chi connectivity index (χ3n) is 2.80. The van der Waals surface area contributed by atoms with Crippen molar-refractivity contribution in [3.05, 3.63) is 15.6 Å². The first kappa shape index (κ1) is 11.5. The predicted molar refractivity (Wildman–Crippen MR) is 61.2 cm³/mol. The van der Waals surface area contributed by atoms with Gasteiger partial charge in [-0.15, -0.1) is 11.3 Å². The maximum absolute atomic E-state index is 11.1. The molecule has 1 aliphatic heterocycles. The molecule has 0 atom stereocenters. The van der Waals surface area contributed by atoms with Gasteiger partial charge in [0.25, 0.3) is 0 Å². The third kappa shape index (κ3) is 2.25. The smallest absolute Gasteiger partial charge is 0.347 e. The Labute approximate surface area is 98.3 Å². The minimum Gasteiger partial charge on any atom is -0.477 e. The molecular weight excluding hydrogens is 226 g/mol. The summed E-state index contributed by atoms with van der Waals surface area (Å²) in [6.07, 6.45) is 2.56. The zero-order valence-electron chi connectivity index (χ0n) is 9.23. The van der Waals surface area contributed by atoms with E-state index in [1.807, 2.05) is 6.92 Å². The van der Waals surface area contributed by atoms with Crippen LogP contribution in [0, 0.1) is 0 Å². The number of carbonyl (C=O) groups is 1. The Bertz CT molecular complexity index is 383. The van der Waals surface area contributed by atoms with Crippen LogP contribution < -0.4 is 0 Å². The zero-order valence-corrected chi connectivity index (χ0v) is 10.0. The van der Waals surface area contributed by atoms with Gasteiger partial charge in [0.05, 0.1) is 10.7 Å². The van der Waals surface area contributed by atoms with Crippen LogP contribution in [0.15, 0.2) is 0 Å². The third-order valence-corrected chi connectivity index (χ3v) is 4.01. The standard InChI is InChI=1S/C11H15NO3S/c1-2-8-12-9(10(16-8)11(13)14)7-3-5-15-6-4-7/h7H,2-6H2,1H3,(H,13,14). The molecule has 1 saturated heterocycles. The maximum atomic E-state index is 11.1. The average Bonchev–Trinajstić information content (AvgIpc) is 2.74. The highest BCUT2D eigenvalue weighted by atomic mass is 32.1. The summed E-state index contributed by atoms with van der Waals surface area (Å²) < 4.78 is 5.28. The van der Waals surface area contributed by atoms with Crippen molar-refractivity contribution in [2.45, 2.75) is 32.1 Å². The first-order chi connectivity index (χ1) is 7.72. The van der Waals surface area contributed by atoms with Crippen molar-refractivity contribution in [2.75, 3.05) is 13.2 Å². The molecule has 16 heavy (non-hydrogen) atoms. The highest BCUT2D eigenvalue weighted by Gasteiger charge is 2.25. The van der Waals surface area contributed by atoms with Crippen molar-refractivity contribution in [3.63, 3.8) is 0 Å².